The Morgan fingerprint density at radius 2 is 1.68 bits per heavy atom. The van der Waals surface area contributed by atoms with Gasteiger partial charge in [-0.15, -0.1) is 0 Å². The Hall–Kier alpha value is -3.85. The molecule has 162 valence electrons. The number of nitrogens with two attached hydrogens (primary N) is 1. The van der Waals surface area contributed by atoms with Gasteiger partial charge in [0.25, 0.3) is 0 Å². The molecule has 31 heavy (non-hydrogen) atoms. The number of nitrogens with one attached hydrogen (secondary N) is 2. The second kappa shape index (κ2) is 11.4. The molecule has 1 aromatic heterocycles. The molecule has 0 saturated carbocycles. The van der Waals surface area contributed by atoms with E-state index in [0.29, 0.717) is 36.4 Å². The van der Waals surface area contributed by atoms with E-state index in [1.165, 1.54) is 0 Å². The molecular formula is C22H25N5O4. The van der Waals surface area contributed by atoms with Gasteiger partial charge in [-0.1, -0.05) is 12.1 Å². The molecule has 0 atom stereocenters. The molecule has 0 amide bonds. The Bertz CT molecular complexity index is 999. The number of benzene rings is 2. The predicted molar refractivity (Wildman–Crippen MR) is 118 cm³/mol. The number of hydrogen-bond donors (Lipinski definition) is 4. The second-order valence-corrected chi connectivity index (χ2v) is 6.60. The van der Waals surface area contributed by atoms with Crippen molar-refractivity contribution in [2.45, 2.75) is 12.8 Å². The number of aromatic nitrogens is 2. The highest BCUT2D eigenvalue weighted by atomic mass is 16.5. The molecule has 9 heteroatoms. The largest absolute Gasteiger partial charge is 0.494 e. The van der Waals surface area contributed by atoms with Crippen molar-refractivity contribution >= 4 is 29.1 Å². The number of nitrogens with zero attached hydrogens (tertiary/aromatic N) is 2. The fraction of sp³-hybridized carbons (Fsp3) is 0.227. The molecule has 0 radical (unpaired) electrons. The number of anilines is 4. The molecular weight excluding hydrogens is 398 g/mol. The summed E-state index contributed by atoms with van der Waals surface area (Å²) < 4.78 is 10.9. The maximum atomic E-state index is 10.7. The topological polar surface area (TPSA) is 132 Å². The normalized spacial score (nSPS) is 10.4. The highest BCUT2D eigenvalue weighted by Crippen LogP contribution is 2.23. The lowest BCUT2D eigenvalue weighted by Crippen LogP contribution is -2.09. The molecule has 0 aliphatic carbocycles. The van der Waals surface area contributed by atoms with Crippen molar-refractivity contribution < 1.29 is 19.4 Å². The van der Waals surface area contributed by atoms with E-state index < -0.39 is 12.6 Å². The quantitative estimate of drug-likeness (QED) is 0.323. The van der Waals surface area contributed by atoms with Crippen LogP contribution in [-0.4, -0.2) is 40.8 Å². The van der Waals surface area contributed by atoms with Crippen molar-refractivity contribution in [1.82, 2.24) is 9.97 Å². The summed E-state index contributed by atoms with van der Waals surface area (Å²) in [5, 5.41) is 15.1. The van der Waals surface area contributed by atoms with Gasteiger partial charge in [0.2, 0.25) is 5.95 Å². The molecule has 0 fully saturated rings. The van der Waals surface area contributed by atoms with Gasteiger partial charge in [0, 0.05) is 29.7 Å². The fourth-order valence-electron chi connectivity index (χ4n) is 2.67. The van der Waals surface area contributed by atoms with Gasteiger partial charge < -0.3 is 30.9 Å². The molecule has 2 aromatic carbocycles. The monoisotopic (exact) mass is 423 g/mol. The maximum Gasteiger partial charge on any atom is 0.341 e. The van der Waals surface area contributed by atoms with E-state index in [1.54, 1.807) is 30.5 Å². The third-order valence-corrected chi connectivity index (χ3v) is 4.08. The molecule has 9 nitrogen and oxygen atoms in total. The van der Waals surface area contributed by atoms with Gasteiger partial charge in [-0.3, -0.25) is 0 Å². The summed E-state index contributed by atoms with van der Waals surface area (Å²) in [6.07, 6.45) is 3.48. The summed E-state index contributed by atoms with van der Waals surface area (Å²) in [4.78, 5) is 19.3. The molecule has 3 rings (SSSR count). The lowest BCUT2D eigenvalue weighted by atomic mass is 10.3. The summed E-state index contributed by atoms with van der Waals surface area (Å²) in [5.74, 6) is 1.16. The van der Waals surface area contributed by atoms with E-state index >= 15 is 0 Å². The van der Waals surface area contributed by atoms with Gasteiger partial charge in [-0.25, -0.2) is 9.78 Å². The first-order valence-electron chi connectivity index (χ1n) is 9.87. The van der Waals surface area contributed by atoms with Crippen LogP contribution in [0.15, 0.2) is 60.8 Å². The SMILES string of the molecule is NCCCCOc1cccc(Nc2ccnc(Nc3cccc(OCC(=O)O)c3)n2)c1. The lowest BCUT2D eigenvalue weighted by Gasteiger charge is -2.11. The van der Waals surface area contributed by atoms with Crippen LogP contribution in [0.4, 0.5) is 23.1 Å². The second-order valence-electron chi connectivity index (χ2n) is 6.60. The maximum absolute atomic E-state index is 10.7. The minimum Gasteiger partial charge on any atom is -0.494 e. The first-order chi connectivity index (χ1) is 15.1. The molecule has 3 aromatic rings. The van der Waals surface area contributed by atoms with Crippen LogP contribution in [-0.2, 0) is 4.79 Å². The zero-order valence-corrected chi connectivity index (χ0v) is 17.0. The van der Waals surface area contributed by atoms with Crippen LogP contribution >= 0.6 is 0 Å². The van der Waals surface area contributed by atoms with Gasteiger partial charge in [0.1, 0.15) is 17.3 Å². The fourth-order valence-corrected chi connectivity index (χ4v) is 2.67. The van der Waals surface area contributed by atoms with E-state index in [9.17, 15) is 4.79 Å². The van der Waals surface area contributed by atoms with E-state index in [2.05, 4.69) is 20.6 Å². The Morgan fingerprint density at radius 1 is 0.968 bits per heavy atom. The van der Waals surface area contributed by atoms with Crippen LogP contribution < -0.4 is 25.8 Å². The molecule has 0 bridgehead atoms. The molecule has 5 N–H and O–H groups in total. The van der Waals surface area contributed by atoms with Gasteiger partial charge >= 0.3 is 5.97 Å². The van der Waals surface area contributed by atoms with Crippen molar-refractivity contribution in [3.63, 3.8) is 0 Å². The number of ether oxygens (including phenoxy) is 2. The Morgan fingerprint density at radius 3 is 2.39 bits per heavy atom. The molecule has 0 aliphatic rings. The van der Waals surface area contributed by atoms with Crippen LogP contribution in [0.2, 0.25) is 0 Å². The number of rotatable bonds is 12. The number of carboxylic acids is 1. The molecule has 1 heterocycles. The minimum atomic E-state index is -1.04. The first kappa shape index (κ1) is 21.8. The average molecular weight is 423 g/mol. The predicted octanol–water partition coefficient (Wildman–Crippen LogP) is 3.54. The van der Waals surface area contributed by atoms with Crippen LogP contribution in [0.25, 0.3) is 0 Å². The van der Waals surface area contributed by atoms with Crippen LogP contribution in [0.3, 0.4) is 0 Å². The molecule has 0 aliphatic heterocycles. The van der Waals surface area contributed by atoms with Crippen LogP contribution in [0, 0.1) is 0 Å². The third-order valence-electron chi connectivity index (χ3n) is 4.08. The molecule has 0 saturated heterocycles. The highest BCUT2D eigenvalue weighted by Gasteiger charge is 2.05. The third kappa shape index (κ3) is 7.48. The molecule has 0 spiro atoms. The van der Waals surface area contributed by atoms with Gasteiger partial charge in [-0.05, 0) is 49.7 Å². The molecule has 0 unspecified atom stereocenters. The highest BCUT2D eigenvalue weighted by molar-refractivity contribution is 5.68. The van der Waals surface area contributed by atoms with Crippen molar-refractivity contribution in [2.24, 2.45) is 5.73 Å². The number of carbonyl (C=O) groups is 1. The minimum absolute atomic E-state index is 0.384. The van der Waals surface area contributed by atoms with Crippen molar-refractivity contribution in [2.75, 3.05) is 30.4 Å². The standard InChI is InChI=1S/C22H25N5O4/c23-10-1-2-12-30-18-7-3-5-16(13-18)25-20-9-11-24-22(27-20)26-17-6-4-8-19(14-17)31-15-21(28)29/h3-9,11,13-14H,1-2,10,12,15,23H2,(H,28,29)(H2,24,25,26,27). The first-order valence-corrected chi connectivity index (χ1v) is 9.87. The van der Waals surface area contributed by atoms with E-state index in [4.69, 9.17) is 20.3 Å². The van der Waals surface area contributed by atoms with E-state index in [-0.39, 0.29) is 0 Å². The summed E-state index contributed by atoms with van der Waals surface area (Å²) in [6.45, 7) is 0.876. The smallest absolute Gasteiger partial charge is 0.341 e. The number of aliphatic carboxylic acids is 1. The zero-order valence-electron chi connectivity index (χ0n) is 17.0. The van der Waals surface area contributed by atoms with Gasteiger partial charge in [0.15, 0.2) is 6.61 Å². The average Bonchev–Trinajstić information content (AvgIpc) is 2.76. The number of hydrogen-bond acceptors (Lipinski definition) is 8. The summed E-state index contributed by atoms with van der Waals surface area (Å²) in [5.41, 5.74) is 7.01. The van der Waals surface area contributed by atoms with Gasteiger partial charge in [-0.2, -0.15) is 4.98 Å². The lowest BCUT2D eigenvalue weighted by molar-refractivity contribution is -0.139. The van der Waals surface area contributed by atoms with Crippen LogP contribution in [0.1, 0.15) is 12.8 Å². The summed E-state index contributed by atoms with van der Waals surface area (Å²) in [7, 11) is 0. The van der Waals surface area contributed by atoms with Crippen molar-refractivity contribution in [3.8, 4) is 11.5 Å². The van der Waals surface area contributed by atoms with Crippen molar-refractivity contribution in [1.29, 1.82) is 0 Å². The summed E-state index contributed by atoms with van der Waals surface area (Å²) >= 11 is 0. The Balaban J connectivity index is 1.62. The van der Waals surface area contributed by atoms with E-state index in [0.717, 1.165) is 24.3 Å². The number of unbranched alkanes of at least 4 members (excludes halogenated alkanes) is 1. The van der Waals surface area contributed by atoms with Crippen LogP contribution in [0.5, 0.6) is 11.5 Å². The Labute approximate surface area is 180 Å². The van der Waals surface area contributed by atoms with E-state index in [1.807, 2.05) is 30.3 Å². The Kier molecular flexibility index (Phi) is 8.01. The van der Waals surface area contributed by atoms with Crippen molar-refractivity contribution in [3.05, 3.63) is 60.8 Å². The zero-order chi connectivity index (χ0) is 21.9. The summed E-state index contributed by atoms with van der Waals surface area (Å²) in [6, 6.07) is 16.3. The number of carboxylic acid groups (broad SMARTS) is 1. The van der Waals surface area contributed by atoms with Gasteiger partial charge in [0.05, 0.1) is 6.61 Å².